The van der Waals surface area contributed by atoms with E-state index >= 15 is 0 Å². The number of hydrogen-bond acceptors (Lipinski definition) is 3. The van der Waals surface area contributed by atoms with Crippen molar-refractivity contribution >= 4 is 16.6 Å². The SMILES string of the molecule is CC(=O)c1cc(CS(C)=O)ccc1O. The zero-order valence-electron chi connectivity index (χ0n) is 8.11. The lowest BCUT2D eigenvalue weighted by atomic mass is 10.1. The summed E-state index contributed by atoms with van der Waals surface area (Å²) in [5.41, 5.74) is 1.08. The van der Waals surface area contributed by atoms with Crippen molar-refractivity contribution in [3.63, 3.8) is 0 Å². The average Bonchev–Trinajstić information content (AvgIpc) is 2.07. The zero-order valence-corrected chi connectivity index (χ0v) is 8.93. The van der Waals surface area contributed by atoms with E-state index in [4.69, 9.17) is 0 Å². The molecule has 3 nitrogen and oxygen atoms in total. The Balaban J connectivity index is 3.06. The molecule has 0 fully saturated rings. The van der Waals surface area contributed by atoms with Crippen LogP contribution in [0.4, 0.5) is 0 Å². The average molecular weight is 212 g/mol. The van der Waals surface area contributed by atoms with Crippen LogP contribution in [0.5, 0.6) is 5.75 Å². The first-order valence-electron chi connectivity index (χ1n) is 4.13. The van der Waals surface area contributed by atoms with Gasteiger partial charge in [-0.15, -0.1) is 0 Å². The van der Waals surface area contributed by atoms with Gasteiger partial charge in [-0.25, -0.2) is 0 Å². The molecule has 1 aromatic rings. The van der Waals surface area contributed by atoms with Crippen LogP contribution in [0.1, 0.15) is 22.8 Å². The summed E-state index contributed by atoms with van der Waals surface area (Å²) >= 11 is 0. The summed E-state index contributed by atoms with van der Waals surface area (Å²) in [5.74, 6) is 0.190. The number of phenolic OH excluding ortho intramolecular Hbond substituents is 1. The minimum absolute atomic E-state index is 0.0249. The third-order valence-corrected chi connectivity index (χ3v) is 2.55. The Morgan fingerprint density at radius 2 is 2.14 bits per heavy atom. The summed E-state index contributed by atoms with van der Waals surface area (Å²) < 4.78 is 10.9. The van der Waals surface area contributed by atoms with Crippen LogP contribution >= 0.6 is 0 Å². The standard InChI is InChI=1S/C10H12O3S/c1-7(11)9-5-8(6-14(2)13)3-4-10(9)12/h3-5,12H,6H2,1-2H3. The maximum absolute atomic E-state index is 11.1. The lowest BCUT2D eigenvalue weighted by Gasteiger charge is -2.03. The number of rotatable bonds is 3. The maximum atomic E-state index is 11.1. The minimum atomic E-state index is -0.938. The molecule has 1 aromatic carbocycles. The second-order valence-electron chi connectivity index (χ2n) is 3.13. The van der Waals surface area contributed by atoms with Crippen molar-refractivity contribution in [2.75, 3.05) is 6.26 Å². The molecule has 0 bridgehead atoms. The molecule has 1 atom stereocenters. The number of carbonyl (C=O) groups is 1. The molecule has 1 N–H and O–H groups in total. The molecule has 4 heteroatoms. The van der Waals surface area contributed by atoms with Crippen molar-refractivity contribution in [3.8, 4) is 5.75 Å². The van der Waals surface area contributed by atoms with E-state index in [2.05, 4.69) is 0 Å². The van der Waals surface area contributed by atoms with E-state index in [1.807, 2.05) is 0 Å². The van der Waals surface area contributed by atoms with Gasteiger partial charge in [0.2, 0.25) is 0 Å². The highest BCUT2D eigenvalue weighted by Gasteiger charge is 2.07. The van der Waals surface area contributed by atoms with E-state index in [0.717, 1.165) is 5.56 Å². The Labute approximate surface area is 85.2 Å². The summed E-state index contributed by atoms with van der Waals surface area (Å²) in [6, 6.07) is 4.71. The number of aromatic hydroxyl groups is 1. The van der Waals surface area contributed by atoms with Gasteiger partial charge in [0, 0.05) is 22.8 Å². The van der Waals surface area contributed by atoms with Crippen LogP contribution in [0.15, 0.2) is 18.2 Å². The molecule has 1 unspecified atom stereocenters. The molecule has 0 aliphatic carbocycles. The predicted octanol–water partition coefficient (Wildman–Crippen LogP) is 1.47. The Hall–Kier alpha value is -1.16. The molecule has 0 aliphatic heterocycles. The van der Waals surface area contributed by atoms with Gasteiger partial charge in [-0.3, -0.25) is 9.00 Å². The first-order valence-corrected chi connectivity index (χ1v) is 5.86. The van der Waals surface area contributed by atoms with Gasteiger partial charge in [-0.05, 0) is 24.6 Å². The molecule has 0 saturated carbocycles. The molecule has 76 valence electrons. The predicted molar refractivity (Wildman–Crippen MR) is 55.9 cm³/mol. The van der Waals surface area contributed by atoms with E-state index in [1.54, 1.807) is 18.4 Å². The smallest absolute Gasteiger partial charge is 0.163 e. The summed E-state index contributed by atoms with van der Waals surface area (Å²) in [5, 5.41) is 9.34. The molecular weight excluding hydrogens is 200 g/mol. The van der Waals surface area contributed by atoms with Crippen LogP contribution < -0.4 is 0 Å². The van der Waals surface area contributed by atoms with E-state index in [1.165, 1.54) is 13.0 Å². The monoisotopic (exact) mass is 212 g/mol. The van der Waals surface area contributed by atoms with Crippen molar-refractivity contribution in [3.05, 3.63) is 29.3 Å². The molecule has 0 aromatic heterocycles. The highest BCUT2D eigenvalue weighted by atomic mass is 32.2. The van der Waals surface area contributed by atoms with Crippen molar-refractivity contribution in [2.45, 2.75) is 12.7 Å². The Morgan fingerprint density at radius 3 is 2.64 bits per heavy atom. The molecule has 0 heterocycles. The third-order valence-electron chi connectivity index (χ3n) is 1.81. The van der Waals surface area contributed by atoms with Crippen molar-refractivity contribution < 1.29 is 14.1 Å². The van der Waals surface area contributed by atoms with E-state index in [9.17, 15) is 14.1 Å². The molecule has 0 spiro atoms. The van der Waals surface area contributed by atoms with Gasteiger partial charge in [0.1, 0.15) is 5.75 Å². The maximum Gasteiger partial charge on any atom is 0.163 e. The third kappa shape index (κ3) is 2.67. The first kappa shape index (κ1) is 10.9. The largest absolute Gasteiger partial charge is 0.507 e. The quantitative estimate of drug-likeness (QED) is 0.772. The Morgan fingerprint density at radius 1 is 1.50 bits per heavy atom. The number of hydrogen-bond donors (Lipinski definition) is 1. The number of benzene rings is 1. The number of ketones is 1. The second-order valence-corrected chi connectivity index (χ2v) is 4.56. The summed E-state index contributed by atoms with van der Waals surface area (Å²) in [6.45, 7) is 1.39. The second kappa shape index (κ2) is 4.37. The van der Waals surface area contributed by atoms with E-state index in [0.29, 0.717) is 5.75 Å². The summed E-state index contributed by atoms with van der Waals surface area (Å²) in [7, 11) is -0.938. The Bertz CT molecular complexity index is 385. The van der Waals surface area contributed by atoms with E-state index < -0.39 is 10.8 Å². The molecule has 0 aliphatic rings. The van der Waals surface area contributed by atoms with Gasteiger partial charge < -0.3 is 5.11 Å². The van der Waals surface area contributed by atoms with Gasteiger partial charge in [0.05, 0.1) is 5.56 Å². The Kier molecular flexibility index (Phi) is 3.41. The van der Waals surface area contributed by atoms with Gasteiger partial charge in [-0.1, -0.05) is 6.07 Å². The van der Waals surface area contributed by atoms with Crippen LogP contribution in [0.2, 0.25) is 0 Å². The van der Waals surface area contributed by atoms with Crippen molar-refractivity contribution in [1.82, 2.24) is 0 Å². The van der Waals surface area contributed by atoms with Crippen LogP contribution in [0.25, 0.3) is 0 Å². The zero-order chi connectivity index (χ0) is 10.7. The van der Waals surface area contributed by atoms with Crippen molar-refractivity contribution in [2.24, 2.45) is 0 Å². The number of phenols is 1. The topological polar surface area (TPSA) is 54.4 Å². The van der Waals surface area contributed by atoms with Crippen LogP contribution in [0.3, 0.4) is 0 Å². The van der Waals surface area contributed by atoms with Crippen LogP contribution in [-0.2, 0) is 16.6 Å². The fourth-order valence-corrected chi connectivity index (χ4v) is 1.84. The van der Waals surface area contributed by atoms with Gasteiger partial charge in [0.15, 0.2) is 5.78 Å². The molecule has 0 radical (unpaired) electrons. The fraction of sp³-hybridized carbons (Fsp3) is 0.300. The molecular formula is C10H12O3S. The van der Waals surface area contributed by atoms with E-state index in [-0.39, 0.29) is 17.1 Å². The van der Waals surface area contributed by atoms with Gasteiger partial charge in [-0.2, -0.15) is 0 Å². The van der Waals surface area contributed by atoms with Gasteiger partial charge in [0.25, 0.3) is 0 Å². The number of Topliss-reactive ketones (excluding diaryl/α,β-unsaturated/α-hetero) is 1. The number of carbonyl (C=O) groups excluding carboxylic acids is 1. The molecule has 0 saturated heterocycles. The molecule has 1 rings (SSSR count). The van der Waals surface area contributed by atoms with Crippen molar-refractivity contribution in [1.29, 1.82) is 0 Å². The molecule has 0 amide bonds. The lowest BCUT2D eigenvalue weighted by Crippen LogP contribution is -1.97. The summed E-state index contributed by atoms with van der Waals surface area (Å²) in [4.78, 5) is 11.1. The highest BCUT2D eigenvalue weighted by molar-refractivity contribution is 7.83. The molecule has 14 heavy (non-hydrogen) atoms. The normalized spacial score (nSPS) is 12.4. The van der Waals surface area contributed by atoms with Crippen LogP contribution in [0, 0.1) is 0 Å². The highest BCUT2D eigenvalue weighted by Crippen LogP contribution is 2.19. The van der Waals surface area contributed by atoms with Gasteiger partial charge >= 0.3 is 0 Å². The minimum Gasteiger partial charge on any atom is -0.507 e. The first-order chi connectivity index (χ1) is 6.50. The van der Waals surface area contributed by atoms with Crippen LogP contribution in [-0.4, -0.2) is 21.4 Å². The fourth-order valence-electron chi connectivity index (χ4n) is 1.19. The summed E-state index contributed by atoms with van der Waals surface area (Å²) in [6.07, 6.45) is 1.60. The lowest BCUT2D eigenvalue weighted by molar-refractivity contribution is 0.101.